The third kappa shape index (κ3) is 3.33. The fraction of sp³-hybridized carbons (Fsp3) is 0.958. The molecular weight excluding hydrogens is 384 g/mol. The minimum Gasteiger partial charge on any atom is -0.479 e. The molecule has 4 aliphatic rings. The summed E-state index contributed by atoms with van der Waals surface area (Å²) in [6, 6.07) is 0. The highest BCUT2D eigenvalue weighted by atomic mass is 16.4. The molecule has 12 atom stereocenters. The molecule has 30 heavy (non-hydrogen) atoms. The summed E-state index contributed by atoms with van der Waals surface area (Å²) in [7, 11) is 0. The predicted octanol–water partition coefficient (Wildman–Crippen LogP) is 2.42. The van der Waals surface area contributed by atoms with Crippen LogP contribution in [0, 0.1) is 46.3 Å². The van der Waals surface area contributed by atoms with E-state index in [0.29, 0.717) is 24.7 Å². The summed E-state index contributed by atoms with van der Waals surface area (Å²) in [5.74, 6) is -0.315. The van der Waals surface area contributed by atoms with Crippen LogP contribution in [-0.2, 0) is 4.79 Å². The first-order valence-corrected chi connectivity index (χ1v) is 11.9. The van der Waals surface area contributed by atoms with E-state index in [4.69, 9.17) is 5.11 Å². The van der Waals surface area contributed by atoms with Crippen LogP contribution in [0.5, 0.6) is 0 Å². The maximum Gasteiger partial charge on any atom is 0.332 e. The average Bonchev–Trinajstić information content (AvgIpc) is 2.94. The molecule has 0 aliphatic heterocycles. The van der Waals surface area contributed by atoms with Crippen LogP contribution in [-0.4, -0.2) is 55.9 Å². The summed E-state index contributed by atoms with van der Waals surface area (Å²) in [4.78, 5) is 11.1. The summed E-state index contributed by atoms with van der Waals surface area (Å²) in [5, 5.41) is 51.7. The molecule has 0 aromatic heterocycles. The largest absolute Gasteiger partial charge is 0.479 e. The molecule has 0 aromatic carbocycles. The van der Waals surface area contributed by atoms with E-state index in [2.05, 4.69) is 13.8 Å². The van der Waals surface area contributed by atoms with Gasteiger partial charge >= 0.3 is 5.97 Å². The molecule has 0 bridgehead atoms. The van der Waals surface area contributed by atoms with Gasteiger partial charge in [0.25, 0.3) is 0 Å². The number of carboxylic acids is 1. The lowest BCUT2D eigenvalue weighted by Gasteiger charge is -2.62. The molecule has 6 heteroatoms. The number of aliphatic carboxylic acids is 1. The number of hydrogen-bond donors (Lipinski definition) is 5. The molecule has 0 spiro atoms. The molecule has 172 valence electrons. The van der Waals surface area contributed by atoms with E-state index in [1.54, 1.807) is 0 Å². The minimum absolute atomic E-state index is 0.00490. The van der Waals surface area contributed by atoms with Crippen molar-refractivity contribution in [1.29, 1.82) is 0 Å². The Hall–Kier alpha value is -0.690. The van der Waals surface area contributed by atoms with Gasteiger partial charge in [-0.1, -0.05) is 20.8 Å². The van der Waals surface area contributed by atoms with Gasteiger partial charge in [-0.25, -0.2) is 4.79 Å². The highest BCUT2D eigenvalue weighted by molar-refractivity contribution is 5.71. The smallest absolute Gasteiger partial charge is 0.332 e. The lowest BCUT2D eigenvalue weighted by atomic mass is 9.43. The minimum atomic E-state index is -1.37. The summed E-state index contributed by atoms with van der Waals surface area (Å²) >= 11 is 0. The van der Waals surface area contributed by atoms with Crippen LogP contribution in [0.4, 0.5) is 0 Å². The van der Waals surface area contributed by atoms with Crippen molar-refractivity contribution in [2.24, 2.45) is 46.3 Å². The molecule has 0 unspecified atom stereocenters. The molecule has 0 amide bonds. The van der Waals surface area contributed by atoms with Crippen LogP contribution in [0.1, 0.15) is 72.1 Å². The Labute approximate surface area is 179 Å². The number of aliphatic hydroxyl groups is 4. The Bertz CT molecular complexity index is 668. The van der Waals surface area contributed by atoms with Gasteiger partial charge in [-0.2, -0.15) is 0 Å². The Kier molecular flexibility index (Phi) is 5.79. The van der Waals surface area contributed by atoms with Gasteiger partial charge in [0.15, 0.2) is 6.10 Å². The van der Waals surface area contributed by atoms with Crippen molar-refractivity contribution in [1.82, 2.24) is 0 Å². The van der Waals surface area contributed by atoms with Crippen LogP contribution >= 0.6 is 0 Å². The van der Waals surface area contributed by atoms with E-state index in [-0.39, 0.29) is 47.0 Å². The first-order chi connectivity index (χ1) is 14.0. The van der Waals surface area contributed by atoms with Crippen molar-refractivity contribution >= 4 is 5.97 Å². The van der Waals surface area contributed by atoms with E-state index in [1.165, 1.54) is 0 Å². The second-order valence-electron chi connectivity index (χ2n) is 11.7. The Morgan fingerprint density at radius 2 is 1.67 bits per heavy atom. The van der Waals surface area contributed by atoms with Gasteiger partial charge in [0.05, 0.1) is 18.3 Å². The number of rotatable bonds is 4. The molecule has 0 heterocycles. The zero-order valence-electron chi connectivity index (χ0n) is 18.6. The molecule has 0 saturated heterocycles. The van der Waals surface area contributed by atoms with Crippen LogP contribution in [0.3, 0.4) is 0 Å². The normalized spacial score (nSPS) is 52.6. The van der Waals surface area contributed by atoms with Crippen LogP contribution in [0.25, 0.3) is 0 Å². The third-order valence-electron chi connectivity index (χ3n) is 10.3. The lowest BCUT2D eigenvalue weighted by molar-refractivity contribution is -0.185. The van der Waals surface area contributed by atoms with Crippen molar-refractivity contribution in [3.05, 3.63) is 0 Å². The van der Waals surface area contributed by atoms with E-state index in [1.807, 2.05) is 6.92 Å². The van der Waals surface area contributed by atoms with E-state index in [9.17, 15) is 25.2 Å². The summed E-state index contributed by atoms with van der Waals surface area (Å²) in [6.45, 7) is 6.57. The molecular formula is C24H40O6. The second-order valence-corrected chi connectivity index (χ2v) is 11.7. The first-order valence-electron chi connectivity index (χ1n) is 11.9. The van der Waals surface area contributed by atoms with Gasteiger partial charge < -0.3 is 25.5 Å². The standard InChI is InChI=1S/C24H40O6/c1-12(8-19(28)22(29)30)16-11-18(27)21-20-15(5-7-24(16,21)3)23(2)6-4-14(25)9-13(23)10-17(20)26/h12-21,25-28H,4-11H2,1-3H3,(H,29,30)/t12-,13+,14-,15+,16-,17-,18+,19+,20+,21+,23+,24-/m1/s1. The topological polar surface area (TPSA) is 118 Å². The number of hydrogen-bond acceptors (Lipinski definition) is 5. The summed E-state index contributed by atoms with van der Waals surface area (Å²) < 4.78 is 0. The average molecular weight is 425 g/mol. The first kappa shape index (κ1) is 22.5. The monoisotopic (exact) mass is 424 g/mol. The van der Waals surface area contributed by atoms with Gasteiger partial charge in [-0.15, -0.1) is 0 Å². The molecule has 0 aromatic rings. The Morgan fingerprint density at radius 3 is 2.33 bits per heavy atom. The lowest BCUT2D eigenvalue weighted by Crippen LogP contribution is -2.60. The zero-order valence-corrected chi connectivity index (χ0v) is 18.6. The highest BCUT2D eigenvalue weighted by Gasteiger charge is 2.65. The molecule has 4 rings (SSSR count). The maximum atomic E-state index is 11.3. The van der Waals surface area contributed by atoms with Crippen LogP contribution < -0.4 is 0 Å². The van der Waals surface area contributed by atoms with Gasteiger partial charge in [-0.3, -0.25) is 0 Å². The quantitative estimate of drug-likeness (QED) is 0.473. The molecule has 5 N–H and O–H groups in total. The number of carboxylic acid groups (broad SMARTS) is 1. The number of aliphatic hydroxyl groups excluding tert-OH is 4. The molecule has 0 radical (unpaired) electrons. The molecule has 4 saturated carbocycles. The summed E-state index contributed by atoms with van der Waals surface area (Å²) in [5.41, 5.74) is -0.0516. The van der Waals surface area contributed by atoms with Gasteiger partial charge in [0.2, 0.25) is 0 Å². The van der Waals surface area contributed by atoms with Gasteiger partial charge in [0.1, 0.15) is 0 Å². The third-order valence-corrected chi connectivity index (χ3v) is 10.3. The van der Waals surface area contributed by atoms with Crippen molar-refractivity contribution in [2.75, 3.05) is 0 Å². The molecule has 6 nitrogen and oxygen atoms in total. The fourth-order valence-corrected chi connectivity index (χ4v) is 8.80. The van der Waals surface area contributed by atoms with Crippen molar-refractivity contribution in [3.63, 3.8) is 0 Å². The number of fused-ring (bicyclic) bond motifs is 5. The molecule has 4 aliphatic carbocycles. The highest BCUT2D eigenvalue weighted by Crippen LogP contribution is 2.68. The maximum absolute atomic E-state index is 11.3. The van der Waals surface area contributed by atoms with E-state index < -0.39 is 24.3 Å². The Morgan fingerprint density at radius 1 is 1.00 bits per heavy atom. The number of carbonyl (C=O) groups is 1. The van der Waals surface area contributed by atoms with Gasteiger partial charge in [0, 0.05) is 0 Å². The fourth-order valence-electron chi connectivity index (χ4n) is 8.80. The van der Waals surface area contributed by atoms with Gasteiger partial charge in [-0.05, 0) is 97.7 Å². The Balaban J connectivity index is 1.60. The van der Waals surface area contributed by atoms with Crippen molar-refractivity contribution < 1.29 is 30.3 Å². The second kappa shape index (κ2) is 7.72. The van der Waals surface area contributed by atoms with Crippen molar-refractivity contribution in [3.8, 4) is 0 Å². The zero-order chi connectivity index (χ0) is 22.0. The van der Waals surface area contributed by atoms with Crippen LogP contribution in [0.15, 0.2) is 0 Å². The molecule has 4 fully saturated rings. The van der Waals surface area contributed by atoms with E-state index >= 15 is 0 Å². The SMILES string of the molecule is C[C@H](C[C@H](O)C(=O)O)[C@H]1C[C@H](O)[C@H]2[C@@H]3[C@H](O)C[C@@H]4C[C@H](O)CC[C@]4(C)[C@H]3CC[C@@]21C. The van der Waals surface area contributed by atoms with Crippen molar-refractivity contribution in [2.45, 2.75) is 96.6 Å². The predicted molar refractivity (Wildman–Crippen MR) is 111 cm³/mol. The summed E-state index contributed by atoms with van der Waals surface area (Å²) in [6.07, 6.45) is 3.47. The van der Waals surface area contributed by atoms with E-state index in [0.717, 1.165) is 32.1 Å². The van der Waals surface area contributed by atoms with Crippen LogP contribution in [0.2, 0.25) is 0 Å².